The first-order valence-corrected chi connectivity index (χ1v) is 33.1. The number of carbonyl (C=O) groups excluding carboxylic acids is 11. The quantitative estimate of drug-likeness (QED) is 0.0480. The molecule has 514 valence electrons. The minimum absolute atomic E-state index is 0.0344. The van der Waals surface area contributed by atoms with Crippen molar-refractivity contribution in [3.8, 4) is 0 Å². The van der Waals surface area contributed by atoms with Crippen LogP contribution in [0.4, 0.5) is 0 Å². The van der Waals surface area contributed by atoms with E-state index in [1.807, 2.05) is 38.1 Å². The Bertz CT molecular complexity index is 3270. The predicted molar refractivity (Wildman–Crippen MR) is 350 cm³/mol. The Morgan fingerprint density at radius 3 is 2.05 bits per heavy atom. The average molecular weight is 1310 g/mol. The summed E-state index contributed by atoms with van der Waals surface area (Å²) in [4.78, 5) is 157. The van der Waals surface area contributed by atoms with Crippen LogP contribution in [-0.2, 0) is 78.5 Å². The first-order valence-electron chi connectivity index (χ1n) is 33.1. The zero-order valence-electron chi connectivity index (χ0n) is 55.6. The number of amides is 9. The Labute approximate surface area is 549 Å². The summed E-state index contributed by atoms with van der Waals surface area (Å²) in [6, 6.07) is 8.58. The summed E-state index contributed by atoms with van der Waals surface area (Å²) in [5, 5.41) is 52.3. The predicted octanol–water partition coefficient (Wildman–Crippen LogP) is 2.89. The van der Waals surface area contributed by atoms with Crippen LogP contribution < -0.4 is 48.3 Å². The number of para-hydroxylation sites is 1. The number of Topliss-reactive ketones (excluding diaryl/α,β-unsaturated/α-hetero) is 2. The molecule has 1 saturated carbocycles. The van der Waals surface area contributed by atoms with Gasteiger partial charge >= 0.3 is 0 Å². The van der Waals surface area contributed by atoms with E-state index < -0.39 is 131 Å². The van der Waals surface area contributed by atoms with E-state index in [2.05, 4.69) is 57.8 Å². The van der Waals surface area contributed by atoms with Crippen molar-refractivity contribution in [1.82, 2.24) is 62.5 Å². The molecule has 0 saturated heterocycles. The SMILES string of the molecule is CC(=O)N[C@@H](CC(C)C)C(=O)N[C@H](C(=O)N[C@@H](Cc1ccccc1)C(=O)N[C@]1(C)CCCCCCn2nncc2CCC[C@@](C)(C(=O)NC(CO)C(=O)N[C@@H](C)C(=O)NC(C)C(N)=O)NC(=O)[C@H](CC2CCC2)CCC(=O)[C@H](Cc2c[nH]c3ccccc23)CC1=O)[C@@H](C)O. The molecule has 6 rings (SSSR count). The van der Waals surface area contributed by atoms with Gasteiger partial charge in [0.2, 0.25) is 53.2 Å². The molecule has 26 nitrogen and oxygen atoms in total. The Balaban J connectivity index is 1.33. The maximum absolute atomic E-state index is 15.6. The van der Waals surface area contributed by atoms with E-state index in [4.69, 9.17) is 5.73 Å². The van der Waals surface area contributed by atoms with Crippen LogP contribution in [-0.4, -0.2) is 155 Å². The number of aryl methyl sites for hydroxylation is 2. The van der Waals surface area contributed by atoms with Gasteiger partial charge in [0.1, 0.15) is 47.6 Å². The topological polar surface area (TPSA) is 397 Å². The van der Waals surface area contributed by atoms with E-state index in [1.165, 1.54) is 34.6 Å². The van der Waals surface area contributed by atoms with E-state index in [0.717, 1.165) is 41.4 Å². The summed E-state index contributed by atoms with van der Waals surface area (Å²) in [7, 11) is 0. The molecule has 13 N–H and O–H groups in total. The van der Waals surface area contributed by atoms with Crippen LogP contribution in [0.25, 0.3) is 10.9 Å². The van der Waals surface area contributed by atoms with Crippen molar-refractivity contribution in [3.05, 3.63) is 83.8 Å². The summed E-state index contributed by atoms with van der Waals surface area (Å²) in [5.74, 6) is -9.08. The summed E-state index contributed by atoms with van der Waals surface area (Å²) in [6.45, 7) is 11.7. The van der Waals surface area contributed by atoms with Gasteiger partial charge < -0.3 is 63.5 Å². The van der Waals surface area contributed by atoms with Crippen LogP contribution in [0.5, 0.6) is 0 Å². The second-order valence-corrected chi connectivity index (χ2v) is 26.7. The average Bonchev–Trinajstić information content (AvgIpc) is 1.24. The molecule has 26 heteroatoms. The minimum Gasteiger partial charge on any atom is -0.394 e. The van der Waals surface area contributed by atoms with Gasteiger partial charge in [0.15, 0.2) is 5.78 Å². The number of aliphatic hydroxyl groups excluding tert-OH is 2. The number of nitrogens with zero attached hydrogens (tertiary/aromatic N) is 3. The first-order chi connectivity index (χ1) is 44.6. The third-order valence-corrected chi connectivity index (χ3v) is 18.2. The Morgan fingerprint density at radius 2 is 1.39 bits per heavy atom. The van der Waals surface area contributed by atoms with Crippen LogP contribution in [0.3, 0.4) is 0 Å². The molecule has 3 heterocycles. The van der Waals surface area contributed by atoms with Gasteiger partial charge in [0.25, 0.3) is 0 Å². The second kappa shape index (κ2) is 35.2. The fraction of sp³-hybridized carbons (Fsp3) is 0.603. The highest BCUT2D eigenvalue weighted by atomic mass is 16.3. The molecule has 1 aliphatic heterocycles. The molecule has 0 radical (unpaired) electrons. The lowest BCUT2D eigenvalue weighted by atomic mass is 9.76. The summed E-state index contributed by atoms with van der Waals surface area (Å²) < 4.78 is 1.75. The third-order valence-electron chi connectivity index (χ3n) is 18.2. The van der Waals surface area contributed by atoms with Gasteiger partial charge in [-0.3, -0.25) is 52.7 Å². The van der Waals surface area contributed by atoms with Gasteiger partial charge in [-0.1, -0.05) is 106 Å². The van der Waals surface area contributed by atoms with Crippen LogP contribution in [0.15, 0.2) is 67.0 Å². The first kappa shape index (κ1) is 74.6. The zero-order chi connectivity index (χ0) is 68.9. The molecule has 0 bridgehead atoms. The van der Waals surface area contributed by atoms with Crippen molar-refractivity contribution < 1.29 is 63.0 Å². The van der Waals surface area contributed by atoms with E-state index in [1.54, 1.807) is 54.3 Å². The number of rotatable bonds is 24. The zero-order valence-corrected chi connectivity index (χ0v) is 55.6. The van der Waals surface area contributed by atoms with Crippen LogP contribution in [0.2, 0.25) is 0 Å². The molecule has 2 aromatic carbocycles. The van der Waals surface area contributed by atoms with E-state index in [0.29, 0.717) is 57.1 Å². The largest absolute Gasteiger partial charge is 0.394 e. The van der Waals surface area contributed by atoms with Gasteiger partial charge in [-0.2, -0.15) is 0 Å². The maximum Gasteiger partial charge on any atom is 0.246 e. The van der Waals surface area contributed by atoms with Gasteiger partial charge in [-0.15, -0.1) is 5.10 Å². The highest BCUT2D eigenvalue weighted by Crippen LogP contribution is 2.35. The van der Waals surface area contributed by atoms with Crippen LogP contribution in [0, 0.1) is 23.7 Å². The molecule has 94 heavy (non-hydrogen) atoms. The Hall–Kier alpha value is -8.39. The molecule has 9 amide bonds. The second-order valence-electron chi connectivity index (χ2n) is 26.7. The summed E-state index contributed by atoms with van der Waals surface area (Å²) in [5.41, 5.74) is 4.89. The number of hydrogen-bond acceptors (Lipinski definition) is 15. The highest BCUT2D eigenvalue weighted by molar-refractivity contribution is 6.00. The highest BCUT2D eigenvalue weighted by Gasteiger charge is 2.43. The molecule has 0 spiro atoms. The summed E-state index contributed by atoms with van der Waals surface area (Å²) in [6.07, 6.45) is 7.94. The third kappa shape index (κ3) is 21.8. The maximum atomic E-state index is 15.6. The smallest absolute Gasteiger partial charge is 0.246 e. The van der Waals surface area contributed by atoms with Crippen molar-refractivity contribution in [1.29, 1.82) is 0 Å². The number of benzene rings is 2. The van der Waals surface area contributed by atoms with Crippen LogP contribution in [0.1, 0.15) is 169 Å². The van der Waals surface area contributed by atoms with Crippen LogP contribution >= 0.6 is 0 Å². The lowest BCUT2D eigenvalue weighted by Gasteiger charge is -2.35. The monoisotopic (exact) mass is 1310 g/mol. The number of primary amides is 1. The molecule has 2 aliphatic rings. The molecule has 11 atom stereocenters. The standard InChI is InChI=1S/C68H99N13O13/c1-40(2)32-53(74-44(6)84)62(90)77-58(43(5)83)65(93)75-54(34-46-20-12-11-13-21-46)64(92)79-67(7)29-16-9-10-17-31-81-50(38-71-80-81)24-19-30-68(8,66(94)76-55(39-82)63(91)73-42(4)60(88)72-41(3)59(69)87)78-61(89)47(33-45-22-18-23-45)27-28-56(85)48(36-57(67)86)35-49-37-70-52-26-15-14-25-51(49)52/h11-15,20-21,25-26,37-38,40-43,45,47-48,53-55,58,70,82-83H,9-10,16-19,22-24,27-36,39H2,1-8H3,(H2,69,87)(H,72,88)(H,73,91)(H,74,84)(H,75,93)(H,76,94)(H,77,90)(H,78,89)(H,79,92)/t41?,42-,43+,47-,48+,53-,54-,55?,58-,67+,68-/m0/s1. The van der Waals surface area contributed by atoms with Crippen molar-refractivity contribution in [2.24, 2.45) is 29.4 Å². The minimum atomic E-state index is -1.72. The Kier molecular flexibility index (Phi) is 28.0. The van der Waals surface area contributed by atoms with E-state index in [9.17, 15) is 43.8 Å². The van der Waals surface area contributed by atoms with E-state index >= 15 is 19.2 Å². The molecule has 2 unspecified atom stereocenters. The molecule has 4 aromatic rings. The lowest BCUT2D eigenvalue weighted by molar-refractivity contribution is -0.139. The number of ketones is 2. The molecule has 2 aromatic heterocycles. The summed E-state index contributed by atoms with van der Waals surface area (Å²) >= 11 is 0. The molecular formula is C68H99N13O13. The lowest BCUT2D eigenvalue weighted by Crippen LogP contribution is -2.62. The number of nitrogens with two attached hydrogens (primary N) is 1. The number of aromatic nitrogens is 4. The number of aromatic amines is 1. The van der Waals surface area contributed by atoms with E-state index in [-0.39, 0.29) is 69.0 Å². The number of aliphatic hydroxyl groups is 2. The fourth-order valence-corrected chi connectivity index (χ4v) is 12.2. The molecule has 1 fully saturated rings. The number of fused-ring (bicyclic) bond motifs is 2. The van der Waals surface area contributed by atoms with Gasteiger partial charge in [-0.25, -0.2) is 4.68 Å². The molecular weight excluding hydrogens is 1210 g/mol. The fourth-order valence-electron chi connectivity index (χ4n) is 12.2. The van der Waals surface area contributed by atoms with Crippen molar-refractivity contribution in [3.63, 3.8) is 0 Å². The number of nitrogens with one attached hydrogen (secondary N) is 9. The normalized spacial score (nSPS) is 22.1. The van der Waals surface area contributed by atoms with Crippen molar-refractivity contribution >= 4 is 75.6 Å². The van der Waals surface area contributed by atoms with Crippen molar-refractivity contribution in [2.75, 3.05) is 6.61 Å². The number of carbonyl (C=O) groups is 11. The Morgan fingerprint density at radius 1 is 0.713 bits per heavy atom. The van der Waals surface area contributed by atoms with Gasteiger partial charge in [0.05, 0.1) is 30.1 Å². The van der Waals surface area contributed by atoms with Gasteiger partial charge in [0, 0.05) is 61.7 Å². The van der Waals surface area contributed by atoms with Crippen molar-refractivity contribution in [2.45, 2.75) is 231 Å². The number of hydrogen-bond donors (Lipinski definition) is 12. The number of H-pyrrole nitrogens is 1. The van der Waals surface area contributed by atoms with Gasteiger partial charge in [-0.05, 0) is 121 Å². The molecule has 1 aliphatic carbocycles.